The summed E-state index contributed by atoms with van der Waals surface area (Å²) in [6.45, 7) is 3.23. The van der Waals surface area contributed by atoms with Crippen molar-refractivity contribution < 1.29 is 14.0 Å². The van der Waals surface area contributed by atoms with Crippen molar-refractivity contribution in [3.8, 4) is 11.6 Å². The summed E-state index contributed by atoms with van der Waals surface area (Å²) in [5, 5.41) is 9.34. The zero-order valence-corrected chi connectivity index (χ0v) is 16.3. The third-order valence-electron chi connectivity index (χ3n) is 4.66. The average molecular weight is 396 g/mol. The monoisotopic (exact) mass is 396 g/mol. The Morgan fingerprint density at radius 3 is 2.39 bits per heavy atom. The molecule has 0 atom stereocenters. The standard InChI is InChI=1S/C20H20N4O3S/c1-2-23-17(16-10-7-12-27-16)21-22-20(23)28-13-6-5-11-24-18(25)14-8-3-4-9-15(14)19(24)26/h3-4,7-10,12H,2,5-6,11,13H2,1H3. The van der Waals surface area contributed by atoms with E-state index >= 15 is 0 Å². The van der Waals surface area contributed by atoms with Gasteiger partial charge in [-0.25, -0.2) is 0 Å². The molecule has 1 aromatic carbocycles. The van der Waals surface area contributed by atoms with Crippen LogP contribution in [-0.4, -0.2) is 43.8 Å². The molecule has 0 unspecified atom stereocenters. The molecule has 7 nitrogen and oxygen atoms in total. The molecule has 0 radical (unpaired) electrons. The number of rotatable bonds is 8. The van der Waals surface area contributed by atoms with Gasteiger partial charge in [0.2, 0.25) is 0 Å². The third kappa shape index (κ3) is 3.35. The highest BCUT2D eigenvalue weighted by molar-refractivity contribution is 7.99. The van der Waals surface area contributed by atoms with Crippen LogP contribution in [0.3, 0.4) is 0 Å². The smallest absolute Gasteiger partial charge is 0.261 e. The quantitative estimate of drug-likeness (QED) is 0.328. The normalized spacial score (nSPS) is 13.4. The number of carbonyl (C=O) groups excluding carboxylic acids is 2. The van der Waals surface area contributed by atoms with Gasteiger partial charge in [-0.2, -0.15) is 0 Å². The summed E-state index contributed by atoms with van der Waals surface area (Å²) in [7, 11) is 0. The second-order valence-electron chi connectivity index (χ2n) is 6.39. The molecule has 0 N–H and O–H groups in total. The number of benzene rings is 1. The Morgan fingerprint density at radius 2 is 1.75 bits per heavy atom. The number of amides is 2. The number of imide groups is 1. The molecular weight excluding hydrogens is 376 g/mol. The van der Waals surface area contributed by atoms with Gasteiger partial charge in [-0.05, 0) is 44.0 Å². The molecule has 1 aliphatic rings. The minimum absolute atomic E-state index is 0.193. The number of hydrogen-bond acceptors (Lipinski definition) is 6. The van der Waals surface area contributed by atoms with Crippen LogP contribution in [-0.2, 0) is 6.54 Å². The van der Waals surface area contributed by atoms with Crippen molar-refractivity contribution in [1.29, 1.82) is 0 Å². The van der Waals surface area contributed by atoms with Gasteiger partial charge in [0.25, 0.3) is 11.8 Å². The molecule has 3 heterocycles. The van der Waals surface area contributed by atoms with Crippen molar-refractivity contribution in [3.63, 3.8) is 0 Å². The SMILES string of the molecule is CCn1c(SCCCCN2C(=O)c3ccccc3C2=O)nnc1-c1ccco1. The maximum Gasteiger partial charge on any atom is 0.261 e. The van der Waals surface area contributed by atoms with Gasteiger partial charge in [0.1, 0.15) is 0 Å². The summed E-state index contributed by atoms with van der Waals surface area (Å²) in [5.41, 5.74) is 1.01. The Hall–Kier alpha value is -2.87. The van der Waals surface area contributed by atoms with Crippen molar-refractivity contribution in [3.05, 3.63) is 53.8 Å². The number of furan rings is 1. The minimum Gasteiger partial charge on any atom is -0.461 e. The van der Waals surface area contributed by atoms with E-state index in [4.69, 9.17) is 4.42 Å². The lowest BCUT2D eigenvalue weighted by atomic mass is 10.1. The predicted molar refractivity (Wildman–Crippen MR) is 105 cm³/mol. The third-order valence-corrected chi connectivity index (χ3v) is 5.71. The minimum atomic E-state index is -0.193. The van der Waals surface area contributed by atoms with E-state index in [2.05, 4.69) is 10.2 Å². The van der Waals surface area contributed by atoms with Gasteiger partial charge in [0.15, 0.2) is 16.7 Å². The van der Waals surface area contributed by atoms with Crippen LogP contribution in [0, 0.1) is 0 Å². The molecule has 0 spiro atoms. The fourth-order valence-electron chi connectivity index (χ4n) is 3.25. The second kappa shape index (κ2) is 8.02. The lowest BCUT2D eigenvalue weighted by molar-refractivity contribution is 0.0652. The van der Waals surface area contributed by atoms with Crippen LogP contribution < -0.4 is 0 Å². The fraction of sp³-hybridized carbons (Fsp3) is 0.300. The summed E-state index contributed by atoms with van der Waals surface area (Å²) in [5.74, 6) is 1.87. The molecule has 8 heteroatoms. The van der Waals surface area contributed by atoms with Crippen molar-refractivity contribution in [2.24, 2.45) is 0 Å². The van der Waals surface area contributed by atoms with E-state index in [0.717, 1.165) is 36.1 Å². The Morgan fingerprint density at radius 1 is 1.00 bits per heavy atom. The Bertz CT molecular complexity index is 962. The molecule has 0 saturated carbocycles. The molecule has 2 amide bonds. The van der Waals surface area contributed by atoms with Gasteiger partial charge < -0.3 is 4.42 Å². The van der Waals surface area contributed by atoms with Gasteiger partial charge in [-0.15, -0.1) is 10.2 Å². The van der Waals surface area contributed by atoms with Crippen LogP contribution in [0.15, 0.2) is 52.2 Å². The molecule has 2 aromatic heterocycles. The number of hydrogen-bond donors (Lipinski definition) is 0. The first-order valence-corrected chi connectivity index (χ1v) is 10.2. The van der Waals surface area contributed by atoms with Crippen molar-refractivity contribution in [2.45, 2.75) is 31.5 Å². The number of unbranched alkanes of at least 4 members (excludes halogenated alkanes) is 1. The molecule has 0 aliphatic carbocycles. The zero-order chi connectivity index (χ0) is 19.5. The molecular formula is C20H20N4O3S. The molecule has 28 heavy (non-hydrogen) atoms. The Balaban J connectivity index is 1.29. The van der Waals surface area contributed by atoms with E-state index in [1.807, 2.05) is 23.6 Å². The maximum atomic E-state index is 12.4. The summed E-state index contributed by atoms with van der Waals surface area (Å²) in [6.07, 6.45) is 3.24. The van der Waals surface area contributed by atoms with Crippen LogP contribution in [0.4, 0.5) is 0 Å². The van der Waals surface area contributed by atoms with Crippen molar-refractivity contribution >= 4 is 23.6 Å². The number of fused-ring (bicyclic) bond motifs is 1. The molecule has 0 saturated heterocycles. The highest BCUT2D eigenvalue weighted by Crippen LogP contribution is 2.26. The molecule has 0 fully saturated rings. The van der Waals surface area contributed by atoms with Gasteiger partial charge in [0.05, 0.1) is 17.4 Å². The van der Waals surface area contributed by atoms with Gasteiger partial charge in [-0.1, -0.05) is 23.9 Å². The first-order valence-electron chi connectivity index (χ1n) is 9.25. The highest BCUT2D eigenvalue weighted by Gasteiger charge is 2.34. The van der Waals surface area contributed by atoms with E-state index in [0.29, 0.717) is 23.4 Å². The molecule has 1 aliphatic heterocycles. The lowest BCUT2D eigenvalue weighted by Crippen LogP contribution is -2.30. The van der Waals surface area contributed by atoms with E-state index in [9.17, 15) is 9.59 Å². The number of nitrogens with zero attached hydrogens (tertiary/aromatic N) is 4. The second-order valence-corrected chi connectivity index (χ2v) is 7.45. The van der Waals surface area contributed by atoms with Gasteiger partial charge in [-0.3, -0.25) is 19.1 Å². The van der Waals surface area contributed by atoms with Gasteiger partial charge >= 0.3 is 0 Å². The summed E-state index contributed by atoms with van der Waals surface area (Å²) in [4.78, 5) is 26.1. The van der Waals surface area contributed by atoms with Crippen LogP contribution in [0.1, 0.15) is 40.5 Å². The van der Waals surface area contributed by atoms with E-state index < -0.39 is 0 Å². The zero-order valence-electron chi connectivity index (χ0n) is 15.5. The summed E-state index contributed by atoms with van der Waals surface area (Å²) >= 11 is 1.62. The van der Waals surface area contributed by atoms with E-state index in [1.54, 1.807) is 42.3 Å². The van der Waals surface area contributed by atoms with Crippen molar-refractivity contribution in [2.75, 3.05) is 12.3 Å². The largest absolute Gasteiger partial charge is 0.461 e. The summed E-state index contributed by atoms with van der Waals surface area (Å²) in [6, 6.07) is 10.7. The first-order chi connectivity index (χ1) is 13.7. The van der Waals surface area contributed by atoms with Crippen LogP contribution in [0.5, 0.6) is 0 Å². The maximum absolute atomic E-state index is 12.4. The molecule has 3 aromatic rings. The van der Waals surface area contributed by atoms with Gasteiger partial charge in [0, 0.05) is 18.8 Å². The number of aromatic nitrogens is 3. The molecule has 4 rings (SSSR count). The van der Waals surface area contributed by atoms with E-state index in [1.165, 1.54) is 4.90 Å². The van der Waals surface area contributed by atoms with E-state index in [-0.39, 0.29) is 11.8 Å². The molecule has 144 valence electrons. The topological polar surface area (TPSA) is 81.2 Å². The summed E-state index contributed by atoms with van der Waals surface area (Å²) < 4.78 is 7.44. The highest BCUT2D eigenvalue weighted by atomic mass is 32.2. The predicted octanol–water partition coefficient (Wildman–Crippen LogP) is 3.73. The Labute approximate surface area is 166 Å². The first kappa shape index (κ1) is 18.5. The average Bonchev–Trinajstić information content (AvgIpc) is 3.43. The van der Waals surface area contributed by atoms with Crippen LogP contribution >= 0.6 is 11.8 Å². The number of carbonyl (C=O) groups is 2. The fourth-order valence-corrected chi connectivity index (χ4v) is 4.25. The number of thioether (sulfide) groups is 1. The molecule has 0 bridgehead atoms. The van der Waals surface area contributed by atoms with Crippen LogP contribution in [0.2, 0.25) is 0 Å². The van der Waals surface area contributed by atoms with Crippen LogP contribution in [0.25, 0.3) is 11.6 Å². The Kier molecular flexibility index (Phi) is 5.29. The van der Waals surface area contributed by atoms with Crippen molar-refractivity contribution in [1.82, 2.24) is 19.7 Å². The lowest BCUT2D eigenvalue weighted by Gasteiger charge is -2.13.